The predicted octanol–water partition coefficient (Wildman–Crippen LogP) is 7.51. The Balaban J connectivity index is 1.58. The number of ether oxygens (including phenoxy) is 1. The van der Waals surface area contributed by atoms with Gasteiger partial charge in [-0.2, -0.15) is 5.90 Å². The van der Waals surface area contributed by atoms with Crippen LogP contribution in [0.15, 0.2) is 23.5 Å². The lowest BCUT2D eigenvalue weighted by Crippen LogP contribution is -2.57. The van der Waals surface area contributed by atoms with Crippen molar-refractivity contribution in [2.75, 3.05) is 0 Å². The summed E-state index contributed by atoms with van der Waals surface area (Å²) in [6.07, 6.45) is 9.59. The van der Waals surface area contributed by atoms with Crippen LogP contribution in [-0.4, -0.2) is 24.1 Å². The molecule has 0 bridgehead atoms. The summed E-state index contributed by atoms with van der Waals surface area (Å²) in [6, 6.07) is 0. The molecule has 3 saturated carbocycles. The molecular formula is C35H55NO5. The summed E-state index contributed by atoms with van der Waals surface area (Å²) in [5.41, 5.74) is 1.49. The first-order valence-corrected chi connectivity index (χ1v) is 16.1. The topological polar surface area (TPSA) is 95.7 Å². The zero-order valence-corrected chi connectivity index (χ0v) is 26.9. The average Bonchev–Trinajstić information content (AvgIpc) is 3.22. The first-order chi connectivity index (χ1) is 19.1. The fourth-order valence-electron chi connectivity index (χ4n) is 9.97. The third kappa shape index (κ3) is 5.36. The number of carbonyl (C=O) groups excluding carboxylic acids is 3. The molecular weight excluding hydrogens is 514 g/mol. The second kappa shape index (κ2) is 11.3. The van der Waals surface area contributed by atoms with Crippen molar-refractivity contribution < 1.29 is 24.0 Å². The number of fused-ring (bicyclic) bond motifs is 5. The van der Waals surface area contributed by atoms with Crippen molar-refractivity contribution in [3.8, 4) is 0 Å². The van der Waals surface area contributed by atoms with E-state index in [1.54, 1.807) is 13.8 Å². The van der Waals surface area contributed by atoms with E-state index < -0.39 is 10.8 Å². The summed E-state index contributed by atoms with van der Waals surface area (Å²) in [4.78, 5) is 42.6. The molecule has 8 atom stereocenters. The molecule has 0 aromatic heterocycles. The number of nitrogens with two attached hydrogens (primary N) is 1. The molecule has 2 N–H and O–H groups in total. The smallest absolute Gasteiger partial charge is 0.307 e. The van der Waals surface area contributed by atoms with Gasteiger partial charge in [0, 0.05) is 11.8 Å². The predicted molar refractivity (Wildman–Crippen MR) is 161 cm³/mol. The fourth-order valence-corrected chi connectivity index (χ4v) is 9.97. The van der Waals surface area contributed by atoms with Gasteiger partial charge in [0.05, 0.1) is 17.9 Å². The van der Waals surface area contributed by atoms with Gasteiger partial charge in [0.2, 0.25) is 0 Å². The number of hydrogen-bond acceptors (Lipinski definition) is 6. The number of rotatable bonds is 10. The van der Waals surface area contributed by atoms with Crippen LogP contribution in [0.25, 0.3) is 0 Å². The van der Waals surface area contributed by atoms with Crippen LogP contribution in [0.4, 0.5) is 0 Å². The minimum absolute atomic E-state index is 0.109. The van der Waals surface area contributed by atoms with Crippen molar-refractivity contribution in [3.63, 3.8) is 0 Å². The summed E-state index contributed by atoms with van der Waals surface area (Å²) in [5.74, 6) is 8.44. The van der Waals surface area contributed by atoms with Gasteiger partial charge in [-0.25, -0.2) is 0 Å². The molecule has 41 heavy (non-hydrogen) atoms. The lowest BCUT2D eigenvalue weighted by molar-refractivity contribution is -0.155. The van der Waals surface area contributed by atoms with Gasteiger partial charge in [-0.15, -0.1) is 0 Å². The molecule has 230 valence electrons. The van der Waals surface area contributed by atoms with E-state index in [1.165, 1.54) is 18.4 Å². The Morgan fingerprint density at radius 2 is 1.83 bits per heavy atom. The Hall–Kier alpha value is -1.95. The molecule has 0 aromatic carbocycles. The Labute approximate surface area is 248 Å². The van der Waals surface area contributed by atoms with Crippen molar-refractivity contribution in [1.29, 1.82) is 0 Å². The van der Waals surface area contributed by atoms with Crippen LogP contribution in [0.1, 0.15) is 120 Å². The maximum Gasteiger partial charge on any atom is 0.307 e. The minimum atomic E-state index is -0.698. The van der Waals surface area contributed by atoms with Gasteiger partial charge >= 0.3 is 5.97 Å². The van der Waals surface area contributed by atoms with Crippen LogP contribution in [0.2, 0.25) is 0 Å². The highest BCUT2D eigenvalue weighted by molar-refractivity contribution is 6.01. The lowest BCUT2D eigenvalue weighted by Gasteiger charge is -2.65. The van der Waals surface area contributed by atoms with Crippen molar-refractivity contribution in [2.24, 2.45) is 57.1 Å². The number of ketones is 1. The molecule has 0 saturated heterocycles. The van der Waals surface area contributed by atoms with E-state index in [1.807, 2.05) is 6.92 Å². The Bertz CT molecular complexity index is 1110. The molecule has 3 fully saturated rings. The second-order valence-electron chi connectivity index (χ2n) is 15.7. The summed E-state index contributed by atoms with van der Waals surface area (Å²) >= 11 is 0. The summed E-state index contributed by atoms with van der Waals surface area (Å²) in [6.45, 7) is 21.5. The van der Waals surface area contributed by atoms with E-state index in [-0.39, 0.29) is 41.0 Å². The number of aldehydes is 1. The third-order valence-electron chi connectivity index (χ3n) is 12.3. The van der Waals surface area contributed by atoms with Crippen molar-refractivity contribution in [2.45, 2.75) is 126 Å². The van der Waals surface area contributed by atoms with Gasteiger partial charge < -0.3 is 14.4 Å². The Morgan fingerprint density at radius 3 is 2.44 bits per heavy atom. The molecule has 0 aromatic rings. The zero-order valence-electron chi connectivity index (χ0n) is 26.9. The number of Topliss-reactive ketones (excluding diaryl/α,β-unsaturated/α-hetero) is 1. The first-order valence-electron chi connectivity index (χ1n) is 16.1. The normalized spacial score (nSPS) is 37.7. The van der Waals surface area contributed by atoms with Crippen LogP contribution in [0.3, 0.4) is 0 Å². The van der Waals surface area contributed by atoms with E-state index in [0.29, 0.717) is 35.9 Å². The van der Waals surface area contributed by atoms with Crippen molar-refractivity contribution >= 4 is 18.0 Å². The monoisotopic (exact) mass is 569 g/mol. The second-order valence-corrected chi connectivity index (χ2v) is 15.7. The van der Waals surface area contributed by atoms with E-state index >= 15 is 0 Å². The van der Waals surface area contributed by atoms with E-state index in [2.05, 4.69) is 41.2 Å². The van der Waals surface area contributed by atoms with Crippen molar-refractivity contribution in [3.05, 3.63) is 23.5 Å². The van der Waals surface area contributed by atoms with E-state index in [4.69, 9.17) is 15.5 Å². The molecule has 4 aliphatic carbocycles. The Morgan fingerprint density at radius 1 is 1.15 bits per heavy atom. The highest BCUT2D eigenvalue weighted by Crippen LogP contribution is 2.70. The lowest BCUT2D eigenvalue weighted by atomic mass is 9.40. The Kier molecular flexibility index (Phi) is 8.80. The molecule has 6 heteroatoms. The van der Waals surface area contributed by atoms with E-state index in [0.717, 1.165) is 50.4 Å². The summed E-state index contributed by atoms with van der Waals surface area (Å²) in [5, 5.41) is 0. The molecule has 4 rings (SSSR count). The summed E-state index contributed by atoms with van der Waals surface area (Å²) < 4.78 is 5.78. The first kappa shape index (κ1) is 32.0. The van der Waals surface area contributed by atoms with Crippen LogP contribution in [0, 0.1) is 51.2 Å². The quantitative estimate of drug-likeness (QED) is 0.127. The van der Waals surface area contributed by atoms with Crippen LogP contribution < -0.4 is 5.90 Å². The van der Waals surface area contributed by atoms with Gasteiger partial charge in [0.25, 0.3) is 0 Å². The molecule has 6 nitrogen and oxygen atoms in total. The maximum atomic E-state index is 13.5. The zero-order chi connectivity index (χ0) is 30.5. The van der Waals surface area contributed by atoms with Crippen LogP contribution in [0.5, 0.6) is 0 Å². The molecule has 0 heterocycles. The molecule has 8 unspecified atom stereocenters. The minimum Gasteiger partial charge on any atom is -0.463 e. The van der Waals surface area contributed by atoms with Crippen LogP contribution >= 0.6 is 0 Å². The molecule has 0 amide bonds. The van der Waals surface area contributed by atoms with Crippen molar-refractivity contribution in [1.82, 2.24) is 0 Å². The van der Waals surface area contributed by atoms with Gasteiger partial charge in [-0.3, -0.25) is 9.59 Å². The number of carbonyl (C=O) groups is 3. The largest absolute Gasteiger partial charge is 0.463 e. The van der Waals surface area contributed by atoms with Gasteiger partial charge in [-0.1, -0.05) is 55.0 Å². The SMILES string of the molecule is C=C(ON)C12CCC3C(CCC4C(C)(CCC(C)OC(=O)CC(C)(C)C=O)C(C)CCC34C)C1=C(C(C)C)C(=O)C2. The number of allylic oxidation sites excluding steroid dienone is 2. The summed E-state index contributed by atoms with van der Waals surface area (Å²) in [7, 11) is 0. The van der Waals surface area contributed by atoms with Gasteiger partial charge in [-0.05, 0) is 110 Å². The number of esters is 1. The fraction of sp³-hybridized carbons (Fsp3) is 0.800. The maximum absolute atomic E-state index is 13.5. The molecule has 0 radical (unpaired) electrons. The molecule has 0 aliphatic heterocycles. The van der Waals surface area contributed by atoms with Crippen LogP contribution in [-0.2, 0) is 24.0 Å². The average molecular weight is 570 g/mol. The molecule has 0 spiro atoms. The van der Waals surface area contributed by atoms with Gasteiger partial charge in [0.15, 0.2) is 5.78 Å². The highest BCUT2D eigenvalue weighted by Gasteiger charge is 2.63. The van der Waals surface area contributed by atoms with E-state index in [9.17, 15) is 14.4 Å². The number of hydrogen-bond donors (Lipinski definition) is 1. The highest BCUT2D eigenvalue weighted by atomic mass is 16.6. The molecule has 4 aliphatic rings. The van der Waals surface area contributed by atoms with Gasteiger partial charge in [0.1, 0.15) is 12.0 Å². The third-order valence-corrected chi connectivity index (χ3v) is 12.3. The standard InChI is InChI=1S/C35H55NO5/c1-21(2)30-27(38)18-35(24(5)41-36)17-14-26-25(31(30)35)10-11-28-33(8,22(3)12-15-34(26,28)9)16-13-23(4)40-29(39)19-32(6,7)20-37/h20-23,25-26,28H,5,10-19,36H2,1-4,6-9H3.